The number of carbonyl (C=O) groups is 1. The molecule has 2 aromatic carbocycles. The molecule has 3 aromatic rings. The van der Waals surface area contributed by atoms with E-state index in [-0.39, 0.29) is 12.1 Å². The smallest absolute Gasteiger partial charge is 0.269 e. The molecule has 2 heterocycles. The molecule has 0 bridgehead atoms. The van der Waals surface area contributed by atoms with E-state index in [0.717, 1.165) is 21.8 Å². The van der Waals surface area contributed by atoms with E-state index < -0.39 is 0 Å². The van der Waals surface area contributed by atoms with Crippen LogP contribution in [0.4, 0.5) is 0 Å². The fourth-order valence-corrected chi connectivity index (χ4v) is 3.04. The van der Waals surface area contributed by atoms with Gasteiger partial charge in [0.25, 0.3) is 5.91 Å². The fraction of sp³-hybridized carbons (Fsp3) is 0.158. The number of carbonyl (C=O) groups excluding carboxylic acids is 1. The van der Waals surface area contributed by atoms with Crippen LogP contribution in [-0.4, -0.2) is 22.2 Å². The van der Waals surface area contributed by atoms with Crippen molar-refractivity contribution in [2.75, 3.05) is 6.54 Å². The van der Waals surface area contributed by atoms with Gasteiger partial charge < -0.3 is 5.32 Å². The van der Waals surface area contributed by atoms with Crippen molar-refractivity contribution in [3.63, 3.8) is 0 Å². The Balaban J connectivity index is 1.57. The summed E-state index contributed by atoms with van der Waals surface area (Å²) in [6.45, 7) is 1.16. The summed E-state index contributed by atoms with van der Waals surface area (Å²) in [5.41, 5.74) is 3.48. The normalized spacial score (nSPS) is 16.4. The Kier molecular flexibility index (Phi) is 4.26. The zero-order valence-electron chi connectivity index (χ0n) is 13.4. The number of halogens is 1. The van der Waals surface area contributed by atoms with E-state index in [4.69, 9.17) is 11.6 Å². The van der Waals surface area contributed by atoms with E-state index >= 15 is 0 Å². The van der Waals surface area contributed by atoms with Crippen molar-refractivity contribution in [3.8, 4) is 11.3 Å². The highest BCUT2D eigenvalue weighted by molar-refractivity contribution is 6.30. The van der Waals surface area contributed by atoms with Gasteiger partial charge in [-0.2, -0.15) is 5.10 Å². The molecule has 5 nitrogen and oxygen atoms in total. The van der Waals surface area contributed by atoms with Crippen molar-refractivity contribution >= 4 is 17.5 Å². The molecular formula is C19H17ClN4O. The average Bonchev–Trinajstić information content (AvgIpc) is 3.10. The number of amides is 1. The van der Waals surface area contributed by atoms with Gasteiger partial charge in [0.1, 0.15) is 11.9 Å². The maximum atomic E-state index is 12.2. The van der Waals surface area contributed by atoms with E-state index in [0.29, 0.717) is 18.8 Å². The van der Waals surface area contributed by atoms with Crippen molar-refractivity contribution < 1.29 is 4.79 Å². The third-order valence-corrected chi connectivity index (χ3v) is 4.50. The van der Waals surface area contributed by atoms with E-state index in [1.54, 1.807) is 4.68 Å². The maximum Gasteiger partial charge on any atom is 0.269 e. The Bertz CT molecular complexity index is 890. The molecule has 0 saturated carbocycles. The highest BCUT2D eigenvalue weighted by Crippen LogP contribution is 2.22. The summed E-state index contributed by atoms with van der Waals surface area (Å²) in [5.74, 6) is -0.0979. The van der Waals surface area contributed by atoms with Gasteiger partial charge in [0.05, 0.1) is 12.2 Å². The van der Waals surface area contributed by atoms with Crippen LogP contribution in [0.1, 0.15) is 22.2 Å². The summed E-state index contributed by atoms with van der Waals surface area (Å²) in [6, 6.07) is 19.4. The van der Waals surface area contributed by atoms with Gasteiger partial charge in [0, 0.05) is 17.1 Å². The van der Waals surface area contributed by atoms with Crippen LogP contribution >= 0.6 is 11.6 Å². The van der Waals surface area contributed by atoms with Crippen molar-refractivity contribution in [1.82, 2.24) is 20.4 Å². The quantitative estimate of drug-likeness (QED) is 0.758. The van der Waals surface area contributed by atoms with Gasteiger partial charge in [-0.05, 0) is 23.8 Å². The first-order valence-electron chi connectivity index (χ1n) is 8.12. The van der Waals surface area contributed by atoms with Gasteiger partial charge in [0.15, 0.2) is 0 Å². The van der Waals surface area contributed by atoms with Crippen LogP contribution in [0.3, 0.4) is 0 Å². The van der Waals surface area contributed by atoms with Gasteiger partial charge in [-0.15, -0.1) is 0 Å². The zero-order chi connectivity index (χ0) is 17.2. The molecule has 1 aliphatic heterocycles. The van der Waals surface area contributed by atoms with Crippen molar-refractivity contribution in [1.29, 1.82) is 0 Å². The molecular weight excluding hydrogens is 336 g/mol. The highest BCUT2D eigenvalue weighted by Gasteiger charge is 2.27. The summed E-state index contributed by atoms with van der Waals surface area (Å²) in [6.07, 6.45) is -0.0964. The van der Waals surface area contributed by atoms with Gasteiger partial charge in [-0.25, -0.2) is 4.68 Å². The maximum absolute atomic E-state index is 12.2. The van der Waals surface area contributed by atoms with Crippen LogP contribution < -0.4 is 10.6 Å². The van der Waals surface area contributed by atoms with Crippen molar-refractivity contribution in [3.05, 3.63) is 76.9 Å². The molecule has 1 unspecified atom stereocenters. The van der Waals surface area contributed by atoms with Crippen LogP contribution in [0.2, 0.25) is 5.02 Å². The highest BCUT2D eigenvalue weighted by atomic mass is 35.5. The fourth-order valence-electron chi connectivity index (χ4n) is 2.91. The Morgan fingerprint density at radius 1 is 1.16 bits per heavy atom. The minimum atomic E-state index is -0.0979. The molecule has 1 aromatic heterocycles. The summed E-state index contributed by atoms with van der Waals surface area (Å²) in [4.78, 5) is 12.2. The molecule has 2 N–H and O–H groups in total. The van der Waals surface area contributed by atoms with Gasteiger partial charge in [-0.1, -0.05) is 54.1 Å². The molecule has 6 heteroatoms. The molecule has 0 fully saturated rings. The number of aromatic nitrogens is 2. The zero-order valence-corrected chi connectivity index (χ0v) is 14.2. The van der Waals surface area contributed by atoms with Gasteiger partial charge >= 0.3 is 0 Å². The molecule has 1 atom stereocenters. The first-order chi connectivity index (χ1) is 12.2. The van der Waals surface area contributed by atoms with Crippen LogP contribution in [0.5, 0.6) is 0 Å². The first-order valence-corrected chi connectivity index (χ1v) is 8.49. The third-order valence-electron chi connectivity index (χ3n) is 4.24. The topological polar surface area (TPSA) is 59.0 Å². The molecule has 0 saturated heterocycles. The molecule has 1 aliphatic rings. The second kappa shape index (κ2) is 6.70. The lowest BCUT2D eigenvalue weighted by Crippen LogP contribution is -2.45. The Labute approximate surface area is 150 Å². The SMILES string of the molecule is O=C1NCC(NCc2ccc(Cl)cc2)n2nc(-c3ccccc3)cc21. The van der Waals surface area contributed by atoms with E-state index in [1.165, 1.54) is 0 Å². The average molecular weight is 353 g/mol. The predicted molar refractivity (Wildman–Crippen MR) is 97.3 cm³/mol. The van der Waals surface area contributed by atoms with E-state index in [1.807, 2.05) is 60.7 Å². The number of nitrogens with zero attached hydrogens (tertiary/aromatic N) is 2. The predicted octanol–water partition coefficient (Wildman–Crippen LogP) is 3.24. The molecule has 126 valence electrons. The minimum Gasteiger partial charge on any atom is -0.347 e. The Morgan fingerprint density at radius 3 is 2.68 bits per heavy atom. The standard InChI is InChI=1S/C19H17ClN4O/c20-15-8-6-13(7-9-15)11-21-18-12-22-19(25)17-10-16(23-24(17)18)14-4-2-1-3-5-14/h1-10,18,21H,11-12H2,(H,22,25). The number of rotatable bonds is 4. The van der Waals surface area contributed by atoms with E-state index in [9.17, 15) is 4.79 Å². The lowest BCUT2D eigenvalue weighted by molar-refractivity contribution is 0.0900. The summed E-state index contributed by atoms with van der Waals surface area (Å²) in [7, 11) is 0. The lowest BCUT2D eigenvalue weighted by Gasteiger charge is -2.25. The van der Waals surface area contributed by atoms with Gasteiger partial charge in [-0.3, -0.25) is 10.1 Å². The number of nitrogens with one attached hydrogen (secondary N) is 2. The largest absolute Gasteiger partial charge is 0.347 e. The van der Waals surface area contributed by atoms with Crippen LogP contribution in [0.25, 0.3) is 11.3 Å². The molecule has 0 spiro atoms. The molecule has 0 radical (unpaired) electrons. The second-order valence-corrected chi connectivity index (χ2v) is 6.40. The van der Waals surface area contributed by atoms with Crippen molar-refractivity contribution in [2.45, 2.75) is 12.7 Å². The first kappa shape index (κ1) is 15.9. The van der Waals surface area contributed by atoms with Gasteiger partial charge in [0.2, 0.25) is 0 Å². The number of fused-ring (bicyclic) bond motifs is 1. The molecule has 4 rings (SSSR count). The Hall–Kier alpha value is -2.63. The number of hydrogen-bond acceptors (Lipinski definition) is 3. The molecule has 0 aliphatic carbocycles. The number of benzene rings is 2. The van der Waals surface area contributed by atoms with E-state index in [2.05, 4.69) is 15.7 Å². The number of hydrogen-bond donors (Lipinski definition) is 2. The summed E-state index contributed by atoms with van der Waals surface area (Å²) < 4.78 is 1.77. The molecule has 1 amide bonds. The van der Waals surface area contributed by atoms with Crippen LogP contribution in [-0.2, 0) is 6.54 Å². The van der Waals surface area contributed by atoms with Crippen molar-refractivity contribution in [2.24, 2.45) is 0 Å². The summed E-state index contributed by atoms with van der Waals surface area (Å²) >= 11 is 5.92. The monoisotopic (exact) mass is 352 g/mol. The van der Waals surface area contributed by atoms with Crippen LogP contribution in [0, 0.1) is 0 Å². The summed E-state index contributed by atoms with van der Waals surface area (Å²) in [5, 5.41) is 11.7. The minimum absolute atomic E-state index is 0.0964. The second-order valence-electron chi connectivity index (χ2n) is 5.96. The lowest BCUT2D eigenvalue weighted by atomic mass is 10.1. The third kappa shape index (κ3) is 3.29. The molecule has 25 heavy (non-hydrogen) atoms. The Morgan fingerprint density at radius 2 is 1.92 bits per heavy atom. The van der Waals surface area contributed by atoms with Crippen LogP contribution in [0.15, 0.2) is 60.7 Å².